The monoisotopic (exact) mass is 357 g/mol. The lowest BCUT2D eigenvalue weighted by atomic mass is 9.92. The fourth-order valence-corrected chi connectivity index (χ4v) is 3.72. The molecule has 3 heterocycles. The van der Waals surface area contributed by atoms with Crippen LogP contribution in [0.5, 0.6) is 0 Å². The second-order valence-corrected chi connectivity index (χ2v) is 6.81. The van der Waals surface area contributed by atoms with E-state index in [4.69, 9.17) is 0 Å². The molecule has 136 valence electrons. The van der Waals surface area contributed by atoms with Crippen LogP contribution in [0.4, 0.5) is 14.6 Å². The fraction of sp³-hybridized carbons (Fsp3) is 0.368. The average molecular weight is 357 g/mol. The molecule has 0 spiro atoms. The average Bonchev–Trinajstić information content (AvgIpc) is 3.23. The van der Waals surface area contributed by atoms with Crippen LogP contribution in [0.15, 0.2) is 30.6 Å². The third kappa shape index (κ3) is 2.98. The Hall–Kier alpha value is -2.70. The number of halogens is 2. The van der Waals surface area contributed by atoms with Crippen LogP contribution in [0.2, 0.25) is 0 Å². The minimum Gasteiger partial charge on any atom is -0.356 e. The number of imidazole rings is 1. The smallest absolute Gasteiger partial charge is 0.149 e. The Morgan fingerprint density at radius 2 is 1.88 bits per heavy atom. The van der Waals surface area contributed by atoms with Gasteiger partial charge in [-0.05, 0) is 38.8 Å². The molecule has 1 aliphatic rings. The van der Waals surface area contributed by atoms with Gasteiger partial charge in [-0.15, -0.1) is 0 Å². The summed E-state index contributed by atoms with van der Waals surface area (Å²) in [6.45, 7) is 5.53. The van der Waals surface area contributed by atoms with Crippen molar-refractivity contribution in [1.82, 2.24) is 19.7 Å². The molecule has 0 amide bonds. The Kier molecular flexibility index (Phi) is 4.22. The van der Waals surface area contributed by atoms with E-state index in [1.54, 1.807) is 6.33 Å². The molecule has 4 rings (SSSR count). The van der Waals surface area contributed by atoms with Crippen molar-refractivity contribution in [2.24, 2.45) is 0 Å². The molecule has 0 radical (unpaired) electrons. The van der Waals surface area contributed by atoms with Gasteiger partial charge in [0.2, 0.25) is 0 Å². The lowest BCUT2D eigenvalue weighted by Gasteiger charge is -2.33. The van der Waals surface area contributed by atoms with Crippen LogP contribution in [0.25, 0.3) is 5.69 Å². The van der Waals surface area contributed by atoms with Crippen LogP contribution < -0.4 is 4.90 Å². The summed E-state index contributed by atoms with van der Waals surface area (Å²) in [4.78, 5) is 9.72. The molecule has 0 unspecified atom stereocenters. The summed E-state index contributed by atoms with van der Waals surface area (Å²) in [6, 6.07) is 5.36. The van der Waals surface area contributed by atoms with Gasteiger partial charge < -0.3 is 9.88 Å². The molecule has 0 atom stereocenters. The van der Waals surface area contributed by atoms with Crippen molar-refractivity contribution >= 4 is 5.82 Å². The molecule has 1 N–H and O–H groups in total. The van der Waals surface area contributed by atoms with Crippen LogP contribution in [-0.4, -0.2) is 32.8 Å². The van der Waals surface area contributed by atoms with Gasteiger partial charge in [-0.1, -0.05) is 0 Å². The summed E-state index contributed by atoms with van der Waals surface area (Å²) in [5.74, 6) is 0.275. The highest BCUT2D eigenvalue weighted by Gasteiger charge is 2.26. The first-order valence-corrected chi connectivity index (χ1v) is 8.80. The normalized spacial score (nSPS) is 15.6. The topological polar surface area (TPSA) is 49.7 Å². The molecular formula is C19H21F2N5. The molecule has 1 fully saturated rings. The first kappa shape index (κ1) is 16.8. The predicted molar refractivity (Wildman–Crippen MR) is 95.7 cm³/mol. The number of H-pyrrole nitrogens is 1. The number of anilines is 1. The third-order valence-electron chi connectivity index (χ3n) is 5.04. The maximum atomic E-state index is 14.2. The molecule has 0 bridgehead atoms. The van der Waals surface area contributed by atoms with Gasteiger partial charge in [0, 0.05) is 36.8 Å². The van der Waals surface area contributed by atoms with Gasteiger partial charge in [0.1, 0.15) is 23.1 Å². The summed E-state index contributed by atoms with van der Waals surface area (Å²) in [5, 5.41) is 4.39. The van der Waals surface area contributed by atoms with Crippen molar-refractivity contribution in [2.45, 2.75) is 32.6 Å². The van der Waals surface area contributed by atoms with E-state index in [1.807, 2.05) is 19.9 Å². The van der Waals surface area contributed by atoms with E-state index >= 15 is 0 Å². The molecule has 2 aromatic heterocycles. The van der Waals surface area contributed by atoms with Crippen molar-refractivity contribution in [3.8, 4) is 5.69 Å². The maximum absolute atomic E-state index is 14.2. The van der Waals surface area contributed by atoms with E-state index in [9.17, 15) is 8.78 Å². The van der Waals surface area contributed by atoms with Crippen LogP contribution in [-0.2, 0) is 0 Å². The minimum absolute atomic E-state index is 0.139. The molecule has 1 aliphatic heterocycles. The number of hydrogen-bond acceptors (Lipinski definition) is 3. The van der Waals surface area contributed by atoms with Crippen LogP contribution in [0, 0.1) is 25.5 Å². The van der Waals surface area contributed by atoms with Crippen LogP contribution in [0.3, 0.4) is 0 Å². The highest BCUT2D eigenvalue weighted by molar-refractivity contribution is 5.49. The van der Waals surface area contributed by atoms with Crippen molar-refractivity contribution < 1.29 is 8.78 Å². The van der Waals surface area contributed by atoms with Gasteiger partial charge >= 0.3 is 0 Å². The fourth-order valence-electron chi connectivity index (χ4n) is 3.72. The zero-order valence-electron chi connectivity index (χ0n) is 14.8. The zero-order valence-corrected chi connectivity index (χ0v) is 14.8. The minimum atomic E-state index is -0.487. The van der Waals surface area contributed by atoms with Crippen LogP contribution in [0.1, 0.15) is 35.8 Å². The molecule has 3 aromatic rings. The standard InChI is InChI=1S/C19H21F2N5/c1-12-9-18(26(24-12)17-10-15(20)3-4-16(17)21)25-7-5-14(6-8-25)19-13(2)22-11-23-19/h3-4,9-11,14H,5-8H2,1-2H3,(H,22,23). The van der Waals surface area contributed by atoms with Gasteiger partial charge in [0.15, 0.2) is 0 Å². The number of aromatic nitrogens is 4. The number of aromatic amines is 1. The van der Waals surface area contributed by atoms with Gasteiger partial charge in [-0.25, -0.2) is 18.4 Å². The van der Waals surface area contributed by atoms with Gasteiger partial charge in [0.05, 0.1) is 17.7 Å². The molecule has 26 heavy (non-hydrogen) atoms. The van der Waals surface area contributed by atoms with Crippen molar-refractivity contribution in [1.29, 1.82) is 0 Å². The molecule has 1 aromatic carbocycles. The third-order valence-corrected chi connectivity index (χ3v) is 5.04. The largest absolute Gasteiger partial charge is 0.356 e. The van der Waals surface area contributed by atoms with Gasteiger partial charge in [0.25, 0.3) is 0 Å². The van der Waals surface area contributed by atoms with Crippen LogP contribution >= 0.6 is 0 Å². The lowest BCUT2D eigenvalue weighted by molar-refractivity contribution is 0.489. The Morgan fingerprint density at radius 1 is 1.12 bits per heavy atom. The van der Waals surface area contributed by atoms with E-state index in [-0.39, 0.29) is 5.69 Å². The summed E-state index contributed by atoms with van der Waals surface area (Å²) in [5.41, 5.74) is 3.16. The summed E-state index contributed by atoms with van der Waals surface area (Å²) >= 11 is 0. The summed E-state index contributed by atoms with van der Waals surface area (Å²) in [7, 11) is 0. The number of nitrogens with one attached hydrogen (secondary N) is 1. The number of aryl methyl sites for hydroxylation is 2. The first-order valence-electron chi connectivity index (χ1n) is 8.80. The molecule has 5 nitrogen and oxygen atoms in total. The molecule has 0 aliphatic carbocycles. The predicted octanol–water partition coefficient (Wildman–Crippen LogP) is 3.87. The lowest BCUT2D eigenvalue weighted by Crippen LogP contribution is -2.34. The van der Waals surface area contributed by atoms with E-state index in [0.717, 1.165) is 55.3 Å². The number of piperidine rings is 1. The van der Waals surface area contributed by atoms with E-state index in [2.05, 4.69) is 20.0 Å². The highest BCUT2D eigenvalue weighted by Crippen LogP contribution is 2.32. The van der Waals surface area contributed by atoms with Crippen molar-refractivity contribution in [3.05, 3.63) is 59.3 Å². The Bertz CT molecular complexity index is 922. The van der Waals surface area contributed by atoms with E-state index in [0.29, 0.717) is 5.92 Å². The second kappa shape index (κ2) is 6.55. The van der Waals surface area contributed by atoms with Crippen molar-refractivity contribution in [3.63, 3.8) is 0 Å². The zero-order chi connectivity index (χ0) is 18.3. The second-order valence-electron chi connectivity index (χ2n) is 6.81. The Labute approximate surface area is 150 Å². The number of nitrogens with zero attached hydrogens (tertiary/aromatic N) is 4. The van der Waals surface area contributed by atoms with E-state index < -0.39 is 11.6 Å². The number of benzene rings is 1. The SMILES string of the molecule is Cc1cc(N2CCC(c3[nH]cnc3C)CC2)n(-c2cc(F)ccc2F)n1. The first-order chi connectivity index (χ1) is 12.5. The molecule has 0 saturated carbocycles. The highest BCUT2D eigenvalue weighted by atomic mass is 19.1. The summed E-state index contributed by atoms with van der Waals surface area (Å²) < 4.78 is 29.4. The molecule has 7 heteroatoms. The maximum Gasteiger partial charge on any atom is 0.149 e. The molecule has 1 saturated heterocycles. The number of rotatable bonds is 3. The Morgan fingerprint density at radius 3 is 2.58 bits per heavy atom. The quantitative estimate of drug-likeness (QED) is 0.774. The van der Waals surface area contributed by atoms with Gasteiger partial charge in [-0.2, -0.15) is 5.10 Å². The summed E-state index contributed by atoms with van der Waals surface area (Å²) in [6.07, 6.45) is 3.68. The number of hydrogen-bond donors (Lipinski definition) is 1. The Balaban J connectivity index is 1.60. The van der Waals surface area contributed by atoms with Crippen molar-refractivity contribution in [2.75, 3.05) is 18.0 Å². The van der Waals surface area contributed by atoms with E-state index in [1.165, 1.54) is 16.4 Å². The molecular weight excluding hydrogens is 336 g/mol. The van der Waals surface area contributed by atoms with Gasteiger partial charge in [-0.3, -0.25) is 0 Å².